The average molecular weight is 274 g/mol. The van der Waals surface area contributed by atoms with Crippen LogP contribution in [0.1, 0.15) is 18.4 Å². The number of alkyl carbamates (subject to hydrolysis) is 1. The Morgan fingerprint density at radius 3 is 2.55 bits per heavy atom. The van der Waals surface area contributed by atoms with Crippen molar-refractivity contribution < 1.29 is 14.3 Å². The lowest BCUT2D eigenvalue weighted by molar-refractivity contribution is -0.133. The maximum absolute atomic E-state index is 12.2. The SMILES string of the molecule is O=C1NCC2(CCN(C(=O)Cc3ccccc3)CC2)O1. The molecule has 2 saturated heterocycles. The fourth-order valence-electron chi connectivity index (χ4n) is 2.83. The lowest BCUT2D eigenvalue weighted by atomic mass is 9.91. The molecule has 1 aromatic carbocycles. The summed E-state index contributed by atoms with van der Waals surface area (Å²) in [7, 11) is 0. The lowest BCUT2D eigenvalue weighted by Crippen LogP contribution is -2.48. The predicted octanol–water partition coefficient (Wildman–Crippen LogP) is 1.33. The second-order valence-electron chi connectivity index (χ2n) is 5.47. The quantitative estimate of drug-likeness (QED) is 0.885. The third-order valence-corrected chi connectivity index (χ3v) is 4.09. The van der Waals surface area contributed by atoms with E-state index in [1.807, 2.05) is 35.2 Å². The van der Waals surface area contributed by atoms with E-state index in [0.717, 1.165) is 5.56 Å². The summed E-state index contributed by atoms with van der Waals surface area (Å²) >= 11 is 0. The highest BCUT2D eigenvalue weighted by Gasteiger charge is 2.43. The maximum Gasteiger partial charge on any atom is 0.407 e. The van der Waals surface area contributed by atoms with E-state index >= 15 is 0 Å². The van der Waals surface area contributed by atoms with Crippen LogP contribution in [-0.2, 0) is 16.0 Å². The Kier molecular flexibility index (Phi) is 3.34. The van der Waals surface area contributed by atoms with Gasteiger partial charge in [-0.15, -0.1) is 0 Å². The van der Waals surface area contributed by atoms with E-state index in [-0.39, 0.29) is 17.6 Å². The molecule has 5 heteroatoms. The number of nitrogens with one attached hydrogen (secondary N) is 1. The smallest absolute Gasteiger partial charge is 0.407 e. The molecule has 0 unspecified atom stereocenters. The highest BCUT2D eigenvalue weighted by Crippen LogP contribution is 2.29. The predicted molar refractivity (Wildman–Crippen MR) is 73.2 cm³/mol. The number of carbonyl (C=O) groups is 2. The summed E-state index contributed by atoms with van der Waals surface area (Å²) in [6, 6.07) is 9.76. The fraction of sp³-hybridized carbons (Fsp3) is 0.467. The first-order valence-electron chi connectivity index (χ1n) is 6.95. The Morgan fingerprint density at radius 2 is 1.95 bits per heavy atom. The van der Waals surface area contributed by atoms with E-state index < -0.39 is 0 Å². The first-order chi connectivity index (χ1) is 9.67. The van der Waals surface area contributed by atoms with E-state index in [1.165, 1.54) is 0 Å². The van der Waals surface area contributed by atoms with Gasteiger partial charge >= 0.3 is 6.09 Å². The van der Waals surface area contributed by atoms with Crippen LogP contribution in [0.15, 0.2) is 30.3 Å². The van der Waals surface area contributed by atoms with Crippen LogP contribution in [0.5, 0.6) is 0 Å². The minimum absolute atomic E-state index is 0.142. The molecule has 2 heterocycles. The van der Waals surface area contributed by atoms with Gasteiger partial charge in [-0.25, -0.2) is 4.79 Å². The number of hydrogen-bond acceptors (Lipinski definition) is 3. The van der Waals surface area contributed by atoms with Gasteiger partial charge in [-0.2, -0.15) is 0 Å². The Morgan fingerprint density at radius 1 is 1.25 bits per heavy atom. The van der Waals surface area contributed by atoms with Crippen LogP contribution in [0.25, 0.3) is 0 Å². The van der Waals surface area contributed by atoms with Gasteiger partial charge in [0.15, 0.2) is 0 Å². The van der Waals surface area contributed by atoms with Gasteiger partial charge in [-0.1, -0.05) is 30.3 Å². The molecule has 20 heavy (non-hydrogen) atoms. The second kappa shape index (κ2) is 5.15. The van der Waals surface area contributed by atoms with Gasteiger partial charge in [0.1, 0.15) is 5.60 Å². The third kappa shape index (κ3) is 2.61. The van der Waals surface area contributed by atoms with Gasteiger partial charge in [0.25, 0.3) is 0 Å². The van der Waals surface area contributed by atoms with Crippen molar-refractivity contribution in [1.82, 2.24) is 10.2 Å². The summed E-state index contributed by atoms with van der Waals surface area (Å²) in [5, 5.41) is 2.70. The molecule has 0 saturated carbocycles. The lowest BCUT2D eigenvalue weighted by Gasteiger charge is -2.37. The molecule has 2 amide bonds. The standard InChI is InChI=1S/C15H18N2O3/c18-13(10-12-4-2-1-3-5-12)17-8-6-15(7-9-17)11-16-14(19)20-15/h1-5H,6-11H2,(H,16,19). The second-order valence-corrected chi connectivity index (χ2v) is 5.47. The summed E-state index contributed by atoms with van der Waals surface area (Å²) in [5.41, 5.74) is 0.646. The average Bonchev–Trinajstić information content (AvgIpc) is 2.81. The minimum atomic E-state index is -0.388. The number of amides is 2. The van der Waals surface area contributed by atoms with Crippen LogP contribution in [0.2, 0.25) is 0 Å². The highest BCUT2D eigenvalue weighted by molar-refractivity contribution is 5.79. The molecule has 1 spiro atoms. The Hall–Kier alpha value is -2.04. The molecule has 106 valence electrons. The number of piperidine rings is 1. The molecule has 0 aromatic heterocycles. The van der Waals surface area contributed by atoms with Crippen molar-refractivity contribution in [2.45, 2.75) is 24.9 Å². The minimum Gasteiger partial charge on any atom is -0.441 e. The Labute approximate surface area is 117 Å². The Balaban J connectivity index is 1.55. The van der Waals surface area contributed by atoms with E-state index in [2.05, 4.69) is 5.32 Å². The molecular weight excluding hydrogens is 256 g/mol. The van der Waals surface area contributed by atoms with Gasteiger partial charge in [0.05, 0.1) is 13.0 Å². The number of hydrogen-bond donors (Lipinski definition) is 1. The molecule has 0 radical (unpaired) electrons. The number of nitrogens with zero attached hydrogens (tertiary/aromatic N) is 1. The molecule has 2 aliphatic heterocycles. The van der Waals surface area contributed by atoms with E-state index in [1.54, 1.807) is 0 Å². The number of ether oxygens (including phenoxy) is 1. The normalized spacial score (nSPS) is 20.6. The number of benzene rings is 1. The topological polar surface area (TPSA) is 58.6 Å². The van der Waals surface area contributed by atoms with Crippen LogP contribution in [0, 0.1) is 0 Å². The largest absolute Gasteiger partial charge is 0.441 e. The molecule has 0 atom stereocenters. The molecule has 1 N–H and O–H groups in total. The fourth-order valence-corrected chi connectivity index (χ4v) is 2.83. The van der Waals surface area contributed by atoms with E-state index in [0.29, 0.717) is 38.9 Å². The number of likely N-dealkylation sites (tertiary alicyclic amines) is 1. The summed E-state index contributed by atoms with van der Waals surface area (Å²) in [4.78, 5) is 25.3. The van der Waals surface area contributed by atoms with Crippen molar-refractivity contribution in [3.63, 3.8) is 0 Å². The molecule has 2 fully saturated rings. The summed E-state index contributed by atoms with van der Waals surface area (Å²) < 4.78 is 5.35. The van der Waals surface area contributed by atoms with Crippen molar-refractivity contribution in [2.24, 2.45) is 0 Å². The van der Waals surface area contributed by atoms with Crippen molar-refractivity contribution in [1.29, 1.82) is 0 Å². The molecule has 2 aliphatic rings. The van der Waals surface area contributed by atoms with Gasteiger partial charge in [0, 0.05) is 25.9 Å². The number of carbonyl (C=O) groups excluding carboxylic acids is 2. The first-order valence-corrected chi connectivity index (χ1v) is 6.95. The van der Waals surface area contributed by atoms with Gasteiger partial charge < -0.3 is 15.0 Å². The monoisotopic (exact) mass is 274 g/mol. The van der Waals surface area contributed by atoms with Crippen LogP contribution >= 0.6 is 0 Å². The van der Waals surface area contributed by atoms with Crippen molar-refractivity contribution in [3.8, 4) is 0 Å². The molecular formula is C15H18N2O3. The summed E-state index contributed by atoms with van der Waals surface area (Å²) in [6.07, 6.45) is 1.53. The van der Waals surface area contributed by atoms with Gasteiger partial charge in [-0.3, -0.25) is 4.79 Å². The highest BCUT2D eigenvalue weighted by atomic mass is 16.6. The zero-order valence-electron chi connectivity index (χ0n) is 11.3. The van der Waals surface area contributed by atoms with Gasteiger partial charge in [0.2, 0.25) is 5.91 Å². The summed E-state index contributed by atoms with van der Waals surface area (Å²) in [6.45, 7) is 1.87. The summed E-state index contributed by atoms with van der Waals surface area (Å²) in [5.74, 6) is 0.142. The zero-order valence-corrected chi connectivity index (χ0v) is 11.3. The maximum atomic E-state index is 12.2. The molecule has 0 aliphatic carbocycles. The third-order valence-electron chi connectivity index (χ3n) is 4.09. The van der Waals surface area contributed by atoms with Crippen molar-refractivity contribution >= 4 is 12.0 Å². The van der Waals surface area contributed by atoms with Crippen molar-refractivity contribution in [3.05, 3.63) is 35.9 Å². The van der Waals surface area contributed by atoms with E-state index in [9.17, 15) is 9.59 Å². The first kappa shape index (κ1) is 13.0. The zero-order chi connectivity index (χ0) is 14.0. The van der Waals surface area contributed by atoms with Crippen LogP contribution in [0.4, 0.5) is 4.79 Å². The van der Waals surface area contributed by atoms with Crippen LogP contribution in [0.3, 0.4) is 0 Å². The van der Waals surface area contributed by atoms with Crippen LogP contribution < -0.4 is 5.32 Å². The van der Waals surface area contributed by atoms with E-state index in [4.69, 9.17) is 4.74 Å². The molecule has 5 nitrogen and oxygen atoms in total. The molecule has 0 bridgehead atoms. The van der Waals surface area contributed by atoms with Crippen LogP contribution in [-0.4, -0.2) is 42.1 Å². The molecule has 1 aromatic rings. The van der Waals surface area contributed by atoms with Gasteiger partial charge in [-0.05, 0) is 5.56 Å². The number of rotatable bonds is 2. The Bertz CT molecular complexity index is 507. The van der Waals surface area contributed by atoms with Crippen molar-refractivity contribution in [2.75, 3.05) is 19.6 Å². The molecule has 3 rings (SSSR count).